The normalized spacial score (nSPS) is 34.2. The number of hydrogen-bond acceptors (Lipinski definition) is 4. The molecule has 0 amide bonds. The SMILES string of the molecule is C[C@@H]1[C@@H](c2ccccc2)O[P+]23O[C@H](c4ccccc4)[C@@H](C)N2CCN13. The van der Waals surface area contributed by atoms with Crippen LogP contribution in [0.5, 0.6) is 0 Å². The van der Waals surface area contributed by atoms with E-state index < -0.39 is 8.02 Å². The zero-order valence-electron chi connectivity index (χ0n) is 14.7. The topological polar surface area (TPSA) is 24.9 Å². The van der Waals surface area contributed by atoms with Crippen molar-refractivity contribution in [1.29, 1.82) is 0 Å². The molecule has 25 heavy (non-hydrogen) atoms. The van der Waals surface area contributed by atoms with Crippen molar-refractivity contribution in [3.63, 3.8) is 0 Å². The van der Waals surface area contributed by atoms with Crippen LogP contribution in [0, 0.1) is 0 Å². The van der Waals surface area contributed by atoms with Crippen molar-refractivity contribution in [3.05, 3.63) is 71.8 Å². The number of benzene rings is 2. The lowest BCUT2D eigenvalue weighted by atomic mass is 10.0. The van der Waals surface area contributed by atoms with Gasteiger partial charge in [0.2, 0.25) is 0 Å². The summed E-state index contributed by atoms with van der Waals surface area (Å²) in [7, 11) is -2.16. The number of rotatable bonds is 2. The van der Waals surface area contributed by atoms with Crippen LogP contribution in [-0.2, 0) is 9.05 Å². The van der Waals surface area contributed by atoms with E-state index in [4.69, 9.17) is 9.05 Å². The molecule has 4 nitrogen and oxygen atoms in total. The van der Waals surface area contributed by atoms with E-state index in [-0.39, 0.29) is 12.2 Å². The molecule has 1 spiro atoms. The maximum atomic E-state index is 6.76. The summed E-state index contributed by atoms with van der Waals surface area (Å²) in [6, 6.07) is 21.8. The molecule has 3 fully saturated rings. The Morgan fingerprint density at radius 1 is 0.720 bits per heavy atom. The highest BCUT2D eigenvalue weighted by molar-refractivity contribution is 7.62. The van der Waals surface area contributed by atoms with Crippen LogP contribution in [0.4, 0.5) is 0 Å². The van der Waals surface area contributed by atoms with E-state index in [0.717, 1.165) is 13.1 Å². The van der Waals surface area contributed by atoms with Gasteiger partial charge in [0, 0.05) is 0 Å². The fraction of sp³-hybridized carbons (Fsp3) is 0.400. The van der Waals surface area contributed by atoms with E-state index in [9.17, 15) is 0 Å². The molecule has 2 aromatic carbocycles. The van der Waals surface area contributed by atoms with E-state index in [1.165, 1.54) is 11.1 Å². The second kappa shape index (κ2) is 5.87. The van der Waals surface area contributed by atoms with Crippen LogP contribution >= 0.6 is 8.02 Å². The fourth-order valence-electron chi connectivity index (χ4n) is 4.49. The minimum absolute atomic E-state index is 0.0825. The van der Waals surface area contributed by atoms with Crippen LogP contribution in [0.1, 0.15) is 37.2 Å². The maximum Gasteiger partial charge on any atom is 0.438 e. The van der Waals surface area contributed by atoms with E-state index in [0.29, 0.717) is 12.1 Å². The Morgan fingerprint density at radius 3 is 1.52 bits per heavy atom. The molecule has 0 radical (unpaired) electrons. The fourth-order valence-corrected chi connectivity index (χ4v) is 8.35. The molecule has 4 atom stereocenters. The minimum Gasteiger partial charge on any atom is -0.162 e. The molecule has 0 unspecified atom stereocenters. The highest BCUT2D eigenvalue weighted by atomic mass is 31.2. The van der Waals surface area contributed by atoms with Gasteiger partial charge in [0.15, 0.2) is 12.2 Å². The Bertz CT molecular complexity index is 691. The first-order chi connectivity index (χ1) is 12.2. The molecular formula is C20H24N2O2P+. The first-order valence-corrected chi connectivity index (χ1v) is 10.6. The second-order valence-corrected chi connectivity index (χ2v) is 9.60. The van der Waals surface area contributed by atoms with Gasteiger partial charge in [-0.1, -0.05) is 60.7 Å². The van der Waals surface area contributed by atoms with E-state index >= 15 is 0 Å². The summed E-state index contributed by atoms with van der Waals surface area (Å²) in [6.45, 7) is 6.62. The van der Waals surface area contributed by atoms with Crippen molar-refractivity contribution in [2.24, 2.45) is 0 Å². The number of nitrogens with zero attached hydrogens (tertiary/aromatic N) is 2. The van der Waals surface area contributed by atoms with Crippen molar-refractivity contribution < 1.29 is 9.05 Å². The summed E-state index contributed by atoms with van der Waals surface area (Å²) in [4.78, 5) is 0. The highest BCUT2D eigenvalue weighted by Gasteiger charge is 2.76. The molecule has 3 aliphatic rings. The van der Waals surface area contributed by atoms with Crippen molar-refractivity contribution >= 4 is 8.02 Å². The summed E-state index contributed by atoms with van der Waals surface area (Å²) in [5, 5.41) is 0. The Kier molecular flexibility index (Phi) is 3.74. The minimum atomic E-state index is -2.16. The maximum absolute atomic E-state index is 6.76. The molecule has 0 bridgehead atoms. The Labute approximate surface area is 150 Å². The molecule has 3 aliphatic heterocycles. The largest absolute Gasteiger partial charge is 0.438 e. The third-order valence-electron chi connectivity index (χ3n) is 5.78. The summed E-state index contributed by atoms with van der Waals surface area (Å²) >= 11 is 0. The van der Waals surface area contributed by atoms with Gasteiger partial charge in [0.1, 0.15) is 0 Å². The molecular weight excluding hydrogens is 331 g/mol. The zero-order valence-corrected chi connectivity index (χ0v) is 15.5. The quantitative estimate of drug-likeness (QED) is 0.735. The Morgan fingerprint density at radius 2 is 1.12 bits per heavy atom. The summed E-state index contributed by atoms with van der Waals surface area (Å²) < 4.78 is 18.5. The predicted octanol–water partition coefficient (Wildman–Crippen LogP) is 4.60. The van der Waals surface area contributed by atoms with Gasteiger partial charge in [0.25, 0.3) is 0 Å². The molecule has 0 N–H and O–H groups in total. The smallest absolute Gasteiger partial charge is 0.162 e. The zero-order chi connectivity index (χ0) is 17.0. The third kappa shape index (κ3) is 2.26. The molecule has 0 aliphatic carbocycles. The van der Waals surface area contributed by atoms with Crippen LogP contribution in [0.2, 0.25) is 0 Å². The van der Waals surface area contributed by atoms with E-state index in [1.807, 2.05) is 0 Å². The second-order valence-electron chi connectivity index (χ2n) is 7.17. The summed E-state index contributed by atoms with van der Waals surface area (Å²) in [6.07, 6.45) is 0.165. The average molecular weight is 355 g/mol. The van der Waals surface area contributed by atoms with Gasteiger partial charge in [0.05, 0.1) is 25.2 Å². The summed E-state index contributed by atoms with van der Waals surface area (Å²) in [5.41, 5.74) is 2.50. The van der Waals surface area contributed by atoms with E-state index in [1.54, 1.807) is 0 Å². The Hall–Kier alpha value is -1.29. The molecule has 0 aromatic heterocycles. The predicted molar refractivity (Wildman–Crippen MR) is 99.8 cm³/mol. The van der Waals surface area contributed by atoms with Gasteiger partial charge in [-0.15, -0.1) is 9.34 Å². The highest BCUT2D eigenvalue weighted by Crippen LogP contribution is 2.82. The van der Waals surface area contributed by atoms with Crippen LogP contribution in [0.3, 0.4) is 0 Å². The molecule has 5 rings (SSSR count). The first-order valence-electron chi connectivity index (χ1n) is 9.11. The monoisotopic (exact) mass is 355 g/mol. The van der Waals surface area contributed by atoms with Crippen molar-refractivity contribution in [3.8, 4) is 0 Å². The van der Waals surface area contributed by atoms with Crippen LogP contribution in [-0.4, -0.2) is 34.5 Å². The van der Waals surface area contributed by atoms with Crippen LogP contribution in [0.25, 0.3) is 0 Å². The van der Waals surface area contributed by atoms with Gasteiger partial charge >= 0.3 is 8.02 Å². The lowest BCUT2D eigenvalue weighted by Gasteiger charge is -2.19. The summed E-state index contributed by atoms with van der Waals surface area (Å²) in [5.74, 6) is 0. The molecule has 0 saturated carbocycles. The standard InChI is InChI=1S/C20H24N2O2P/c1-15-19(17-9-5-3-6-10-17)23-25-21(15)13-14-22(25)16(2)20(24-25)18-11-7-4-8-12-18/h3-12,15-16,19-20H,13-14H2,1-2H3/q+1/t15-,16-,19+,20+,25?/m1/s1. The molecule has 130 valence electrons. The lowest BCUT2D eigenvalue weighted by molar-refractivity contribution is 0.166. The average Bonchev–Trinajstić information content (AvgIpc) is 3.24. The third-order valence-corrected chi connectivity index (χ3v) is 9.21. The van der Waals surface area contributed by atoms with Gasteiger partial charge in [-0.2, -0.15) is 9.05 Å². The van der Waals surface area contributed by atoms with Crippen LogP contribution < -0.4 is 0 Å². The lowest BCUT2D eigenvalue weighted by Crippen LogP contribution is -2.29. The molecule has 5 heteroatoms. The molecule has 3 heterocycles. The van der Waals surface area contributed by atoms with Gasteiger partial charge < -0.3 is 0 Å². The van der Waals surface area contributed by atoms with Crippen LogP contribution in [0.15, 0.2) is 60.7 Å². The molecule has 2 aromatic rings. The van der Waals surface area contributed by atoms with Gasteiger partial charge in [-0.25, -0.2) is 0 Å². The van der Waals surface area contributed by atoms with Crippen molar-refractivity contribution in [2.45, 2.75) is 38.1 Å². The van der Waals surface area contributed by atoms with Crippen molar-refractivity contribution in [1.82, 2.24) is 9.34 Å². The van der Waals surface area contributed by atoms with Gasteiger partial charge in [-0.05, 0) is 25.0 Å². The van der Waals surface area contributed by atoms with E-state index in [2.05, 4.69) is 83.9 Å². The van der Waals surface area contributed by atoms with Gasteiger partial charge in [-0.3, -0.25) is 0 Å². The van der Waals surface area contributed by atoms with Crippen molar-refractivity contribution in [2.75, 3.05) is 13.1 Å². The number of hydrogen-bond donors (Lipinski definition) is 0. The Balaban J connectivity index is 1.50. The first kappa shape index (κ1) is 15.9. The molecule has 3 saturated heterocycles.